The predicted octanol–water partition coefficient (Wildman–Crippen LogP) is 3.86. The van der Waals surface area contributed by atoms with E-state index in [1.807, 2.05) is 0 Å². The summed E-state index contributed by atoms with van der Waals surface area (Å²) in [5.74, 6) is -2.20. The van der Waals surface area contributed by atoms with Gasteiger partial charge in [-0.1, -0.05) is 11.6 Å². The summed E-state index contributed by atoms with van der Waals surface area (Å²) in [7, 11) is 1.08. The molecule has 31 heavy (non-hydrogen) atoms. The van der Waals surface area contributed by atoms with Gasteiger partial charge in [-0.15, -0.1) is 0 Å². The monoisotopic (exact) mass is 452 g/mol. The largest absolute Gasteiger partial charge is 0.465 e. The van der Waals surface area contributed by atoms with Gasteiger partial charge in [0.2, 0.25) is 0 Å². The molecule has 1 N–H and O–H groups in total. The van der Waals surface area contributed by atoms with Crippen molar-refractivity contribution in [1.29, 1.82) is 0 Å². The fourth-order valence-corrected chi connectivity index (χ4v) is 3.37. The molecule has 1 amide bonds. The lowest BCUT2D eigenvalue weighted by Gasteiger charge is -2.08. The van der Waals surface area contributed by atoms with Crippen LogP contribution in [0.2, 0.25) is 5.02 Å². The minimum Gasteiger partial charge on any atom is -0.465 e. The summed E-state index contributed by atoms with van der Waals surface area (Å²) in [6.45, 7) is -0.606. The number of amides is 1. The molecule has 1 aromatic carbocycles. The predicted molar refractivity (Wildman–Crippen MR) is 102 cm³/mol. The average molecular weight is 453 g/mol. The van der Waals surface area contributed by atoms with E-state index in [2.05, 4.69) is 20.1 Å². The van der Waals surface area contributed by atoms with Crippen LogP contribution in [0.5, 0.6) is 0 Å². The molecule has 0 aliphatic rings. The molecule has 3 heterocycles. The van der Waals surface area contributed by atoms with Crippen molar-refractivity contribution in [1.82, 2.24) is 19.9 Å². The number of rotatable bonds is 4. The Balaban J connectivity index is 1.74. The summed E-state index contributed by atoms with van der Waals surface area (Å²) >= 11 is 5.90. The number of benzene rings is 1. The maximum atomic E-state index is 13.8. The molecule has 4 aromatic rings. The number of hydrogen-bond acceptors (Lipinski definition) is 6. The van der Waals surface area contributed by atoms with Crippen molar-refractivity contribution in [2.45, 2.75) is 12.7 Å². The standard InChI is InChI=1S/C19H12ClF3N4O4/c1-30-18(29)11-6-9(20)5-10-14(19(21,22)23)13(31-15(10)11)8-25-17(28)12-7-26-27-4-2-3-24-16(12)27/h2-7H,8H2,1H3,(H,25,28). The smallest absolute Gasteiger partial charge is 0.420 e. The van der Waals surface area contributed by atoms with Gasteiger partial charge >= 0.3 is 12.1 Å². The van der Waals surface area contributed by atoms with E-state index < -0.39 is 41.3 Å². The molecule has 3 aromatic heterocycles. The van der Waals surface area contributed by atoms with Crippen molar-refractivity contribution >= 4 is 40.1 Å². The molecule has 0 atom stereocenters. The zero-order valence-corrected chi connectivity index (χ0v) is 16.4. The Morgan fingerprint density at radius 2 is 2.06 bits per heavy atom. The number of esters is 1. The van der Waals surface area contributed by atoms with Crippen LogP contribution < -0.4 is 5.32 Å². The summed E-state index contributed by atoms with van der Waals surface area (Å²) in [6.07, 6.45) is -0.573. The minimum atomic E-state index is -4.84. The van der Waals surface area contributed by atoms with E-state index in [4.69, 9.17) is 16.0 Å². The van der Waals surface area contributed by atoms with Crippen molar-refractivity contribution in [2.75, 3.05) is 7.11 Å². The summed E-state index contributed by atoms with van der Waals surface area (Å²) in [4.78, 5) is 28.5. The molecule has 0 aliphatic heterocycles. The molecular weight excluding hydrogens is 441 g/mol. The van der Waals surface area contributed by atoms with Gasteiger partial charge < -0.3 is 14.5 Å². The summed E-state index contributed by atoms with van der Waals surface area (Å²) in [6, 6.07) is 3.79. The number of ether oxygens (including phenoxy) is 1. The van der Waals surface area contributed by atoms with Crippen LogP contribution in [0.25, 0.3) is 16.6 Å². The second-order valence-electron chi connectivity index (χ2n) is 6.35. The number of nitrogens with one attached hydrogen (secondary N) is 1. The van der Waals surface area contributed by atoms with Crippen LogP contribution in [0.15, 0.2) is 41.2 Å². The van der Waals surface area contributed by atoms with Crippen LogP contribution in [0, 0.1) is 0 Å². The van der Waals surface area contributed by atoms with Crippen LogP contribution in [0.1, 0.15) is 32.0 Å². The van der Waals surface area contributed by atoms with Gasteiger partial charge in [-0.2, -0.15) is 18.3 Å². The molecule has 0 aliphatic carbocycles. The molecule has 0 spiro atoms. The maximum absolute atomic E-state index is 13.8. The lowest BCUT2D eigenvalue weighted by Crippen LogP contribution is -2.24. The van der Waals surface area contributed by atoms with Gasteiger partial charge in [0.1, 0.15) is 28.0 Å². The molecule has 160 valence electrons. The van der Waals surface area contributed by atoms with Gasteiger partial charge in [0, 0.05) is 22.8 Å². The summed E-state index contributed by atoms with van der Waals surface area (Å²) in [5.41, 5.74) is -1.44. The van der Waals surface area contributed by atoms with Crippen molar-refractivity contribution in [2.24, 2.45) is 0 Å². The second kappa shape index (κ2) is 7.58. The normalized spacial score (nSPS) is 11.8. The van der Waals surface area contributed by atoms with Crippen molar-refractivity contribution < 1.29 is 31.9 Å². The number of furan rings is 1. The van der Waals surface area contributed by atoms with Gasteiger partial charge in [-0.25, -0.2) is 14.3 Å². The fourth-order valence-electron chi connectivity index (χ4n) is 3.15. The molecule has 0 unspecified atom stereocenters. The van der Waals surface area contributed by atoms with Crippen molar-refractivity contribution in [3.63, 3.8) is 0 Å². The molecule has 0 saturated carbocycles. The highest BCUT2D eigenvalue weighted by atomic mass is 35.5. The fraction of sp³-hybridized carbons (Fsp3) is 0.158. The van der Waals surface area contributed by atoms with E-state index >= 15 is 0 Å². The van der Waals surface area contributed by atoms with E-state index in [0.29, 0.717) is 0 Å². The van der Waals surface area contributed by atoms with E-state index in [1.165, 1.54) is 16.9 Å². The number of carbonyl (C=O) groups excluding carboxylic acids is 2. The van der Waals surface area contributed by atoms with Gasteiger partial charge in [-0.3, -0.25) is 4.79 Å². The maximum Gasteiger partial charge on any atom is 0.420 e. The third-order valence-electron chi connectivity index (χ3n) is 4.45. The van der Waals surface area contributed by atoms with E-state index in [0.717, 1.165) is 19.2 Å². The van der Waals surface area contributed by atoms with Crippen LogP contribution in [-0.4, -0.2) is 33.6 Å². The molecule has 0 radical (unpaired) electrons. The highest BCUT2D eigenvalue weighted by Crippen LogP contribution is 2.41. The number of alkyl halides is 3. The zero-order valence-electron chi connectivity index (χ0n) is 15.7. The molecule has 12 heteroatoms. The van der Waals surface area contributed by atoms with Crippen LogP contribution in [0.4, 0.5) is 13.2 Å². The number of carbonyl (C=O) groups is 2. The Morgan fingerprint density at radius 3 is 2.77 bits per heavy atom. The number of hydrogen-bond donors (Lipinski definition) is 1. The van der Waals surface area contributed by atoms with Crippen molar-refractivity contribution in [3.8, 4) is 0 Å². The summed E-state index contributed by atoms with van der Waals surface area (Å²) < 4.78 is 52.7. The average Bonchev–Trinajstić information content (AvgIpc) is 3.32. The number of aromatic nitrogens is 3. The van der Waals surface area contributed by atoms with E-state index in [-0.39, 0.29) is 27.4 Å². The Morgan fingerprint density at radius 1 is 1.29 bits per heavy atom. The first-order valence-electron chi connectivity index (χ1n) is 8.67. The quantitative estimate of drug-likeness (QED) is 0.472. The van der Waals surface area contributed by atoms with Crippen LogP contribution >= 0.6 is 11.6 Å². The van der Waals surface area contributed by atoms with Crippen LogP contribution in [-0.2, 0) is 17.5 Å². The molecule has 0 saturated heterocycles. The first kappa shape index (κ1) is 20.7. The summed E-state index contributed by atoms with van der Waals surface area (Å²) in [5, 5.41) is 5.81. The molecule has 0 bridgehead atoms. The van der Waals surface area contributed by atoms with Gasteiger partial charge in [-0.05, 0) is 18.2 Å². The zero-order chi connectivity index (χ0) is 22.3. The second-order valence-corrected chi connectivity index (χ2v) is 6.78. The molecule has 8 nitrogen and oxygen atoms in total. The Hall–Kier alpha value is -3.60. The Bertz CT molecular complexity index is 1330. The Labute approximate surface area is 176 Å². The first-order valence-corrected chi connectivity index (χ1v) is 9.05. The molecule has 0 fully saturated rings. The van der Waals surface area contributed by atoms with Gasteiger partial charge in [0.15, 0.2) is 5.65 Å². The number of halogens is 4. The van der Waals surface area contributed by atoms with Gasteiger partial charge in [0.05, 0.1) is 19.9 Å². The number of fused-ring (bicyclic) bond motifs is 2. The highest BCUT2D eigenvalue weighted by molar-refractivity contribution is 6.32. The van der Waals surface area contributed by atoms with Crippen molar-refractivity contribution in [3.05, 3.63) is 64.3 Å². The lowest BCUT2D eigenvalue weighted by molar-refractivity contribution is -0.137. The van der Waals surface area contributed by atoms with Gasteiger partial charge in [0.25, 0.3) is 5.91 Å². The SMILES string of the molecule is COC(=O)c1cc(Cl)cc2c(C(F)(F)F)c(CNC(=O)c3cnn4cccnc34)oc12. The Kier molecular flexibility index (Phi) is 5.05. The molecule has 4 rings (SSSR count). The van der Waals surface area contributed by atoms with E-state index in [1.54, 1.807) is 12.3 Å². The molecular formula is C19H12ClF3N4O4. The van der Waals surface area contributed by atoms with E-state index in [9.17, 15) is 22.8 Å². The topological polar surface area (TPSA) is 98.7 Å². The van der Waals surface area contributed by atoms with Crippen LogP contribution in [0.3, 0.4) is 0 Å². The highest BCUT2D eigenvalue weighted by Gasteiger charge is 2.39. The number of methoxy groups -OCH3 is 1. The first-order chi connectivity index (χ1) is 14.7. The minimum absolute atomic E-state index is 0.0727. The third-order valence-corrected chi connectivity index (χ3v) is 4.67. The third kappa shape index (κ3) is 3.67. The number of nitrogens with zero attached hydrogens (tertiary/aromatic N) is 3. The lowest BCUT2D eigenvalue weighted by atomic mass is 10.1.